The number of aromatic nitrogens is 2. The maximum atomic E-state index is 8.67. The summed E-state index contributed by atoms with van der Waals surface area (Å²) >= 11 is 1.57. The van der Waals surface area contributed by atoms with E-state index in [0.29, 0.717) is 6.42 Å². The van der Waals surface area contributed by atoms with E-state index in [9.17, 15) is 0 Å². The van der Waals surface area contributed by atoms with Crippen LogP contribution in [0.3, 0.4) is 0 Å². The second-order valence-corrected chi connectivity index (χ2v) is 5.31. The van der Waals surface area contributed by atoms with Crippen LogP contribution in [0.5, 0.6) is 0 Å². The lowest BCUT2D eigenvalue weighted by atomic mass is 10.1. The van der Waals surface area contributed by atoms with E-state index >= 15 is 0 Å². The Hall–Kier alpha value is -2.12. The molecule has 0 unspecified atom stereocenters. The second kappa shape index (κ2) is 4.28. The minimum absolute atomic E-state index is 0.452. The van der Waals surface area contributed by atoms with Gasteiger partial charge in [-0.25, -0.2) is 4.98 Å². The van der Waals surface area contributed by atoms with Crippen LogP contribution in [0.1, 0.15) is 10.4 Å². The number of fused-ring (bicyclic) bond motifs is 1. The Balaban J connectivity index is 2.01. The highest BCUT2D eigenvalue weighted by atomic mass is 32.1. The molecule has 0 aliphatic heterocycles. The van der Waals surface area contributed by atoms with Gasteiger partial charge in [0.2, 0.25) is 0 Å². The predicted octanol–water partition coefficient (Wildman–Crippen LogP) is 3.44. The molecule has 0 saturated heterocycles. The van der Waals surface area contributed by atoms with Crippen molar-refractivity contribution in [2.45, 2.75) is 13.3 Å². The van der Waals surface area contributed by atoms with Crippen LogP contribution in [0.25, 0.3) is 16.2 Å². The van der Waals surface area contributed by atoms with E-state index in [0.717, 1.165) is 21.1 Å². The maximum Gasteiger partial charge on any atom is 0.194 e. The molecular weight excluding hydrogens is 242 g/mol. The Bertz CT molecular complexity index is 697. The first kappa shape index (κ1) is 11.0. The van der Waals surface area contributed by atoms with Crippen LogP contribution < -0.4 is 0 Å². The van der Waals surface area contributed by atoms with E-state index in [1.165, 1.54) is 5.56 Å². The quantitative estimate of drug-likeness (QED) is 0.702. The lowest BCUT2D eigenvalue weighted by Crippen LogP contribution is -1.78. The SMILES string of the molecule is Cc1ccc(-c2cn3cc(CC#N)sc3n2)cc1. The van der Waals surface area contributed by atoms with Crippen molar-refractivity contribution in [2.75, 3.05) is 0 Å². The lowest BCUT2D eigenvalue weighted by molar-refractivity contribution is 1.19. The number of rotatable bonds is 2. The minimum Gasteiger partial charge on any atom is -0.297 e. The summed E-state index contributed by atoms with van der Waals surface area (Å²) in [7, 11) is 0. The number of imidazole rings is 1. The molecule has 2 heterocycles. The number of hydrogen-bond acceptors (Lipinski definition) is 3. The summed E-state index contributed by atoms with van der Waals surface area (Å²) in [5, 5.41) is 8.67. The normalized spacial score (nSPS) is 10.7. The van der Waals surface area contributed by atoms with E-state index in [-0.39, 0.29) is 0 Å². The lowest BCUT2D eigenvalue weighted by Gasteiger charge is -1.96. The molecule has 0 aliphatic rings. The van der Waals surface area contributed by atoms with Gasteiger partial charge in [0.05, 0.1) is 18.2 Å². The van der Waals surface area contributed by atoms with Crippen LogP contribution in [0.2, 0.25) is 0 Å². The van der Waals surface area contributed by atoms with E-state index in [2.05, 4.69) is 42.2 Å². The molecule has 88 valence electrons. The van der Waals surface area contributed by atoms with Gasteiger partial charge in [-0.2, -0.15) is 5.26 Å². The fourth-order valence-electron chi connectivity index (χ4n) is 1.87. The molecule has 3 nitrogen and oxygen atoms in total. The van der Waals surface area contributed by atoms with Gasteiger partial charge in [0.15, 0.2) is 4.96 Å². The van der Waals surface area contributed by atoms with Crippen LogP contribution >= 0.6 is 11.3 Å². The van der Waals surface area contributed by atoms with E-state index in [1.807, 2.05) is 16.8 Å². The maximum absolute atomic E-state index is 8.67. The number of thiazole rings is 1. The molecule has 1 aromatic carbocycles. The van der Waals surface area contributed by atoms with Crippen molar-refractivity contribution in [1.82, 2.24) is 9.38 Å². The summed E-state index contributed by atoms with van der Waals surface area (Å²) in [6.07, 6.45) is 4.44. The van der Waals surface area contributed by atoms with Crippen molar-refractivity contribution in [3.8, 4) is 17.3 Å². The Morgan fingerprint density at radius 3 is 2.72 bits per heavy atom. The molecule has 0 spiro atoms. The van der Waals surface area contributed by atoms with Gasteiger partial charge in [-0.05, 0) is 6.92 Å². The molecule has 0 radical (unpaired) electrons. The zero-order valence-electron chi connectivity index (χ0n) is 9.92. The monoisotopic (exact) mass is 253 g/mol. The summed E-state index contributed by atoms with van der Waals surface area (Å²) in [5.74, 6) is 0. The van der Waals surface area contributed by atoms with Crippen LogP contribution in [-0.2, 0) is 6.42 Å². The van der Waals surface area contributed by atoms with Gasteiger partial charge in [-0.15, -0.1) is 11.3 Å². The molecule has 0 amide bonds. The van der Waals surface area contributed by atoms with Gasteiger partial charge in [-0.3, -0.25) is 4.40 Å². The molecule has 18 heavy (non-hydrogen) atoms. The molecule has 2 aromatic heterocycles. The third-order valence-electron chi connectivity index (χ3n) is 2.80. The Kier molecular flexibility index (Phi) is 2.62. The average Bonchev–Trinajstić information content (AvgIpc) is 2.88. The molecule has 0 bridgehead atoms. The van der Waals surface area contributed by atoms with Gasteiger partial charge in [0, 0.05) is 22.8 Å². The first-order chi connectivity index (χ1) is 8.76. The number of aryl methyl sites for hydroxylation is 1. The molecule has 0 saturated carbocycles. The molecule has 4 heteroatoms. The molecule has 3 rings (SSSR count). The largest absolute Gasteiger partial charge is 0.297 e. The Morgan fingerprint density at radius 2 is 2.06 bits per heavy atom. The first-order valence-electron chi connectivity index (χ1n) is 5.67. The zero-order valence-corrected chi connectivity index (χ0v) is 10.7. The van der Waals surface area contributed by atoms with E-state index in [4.69, 9.17) is 5.26 Å². The summed E-state index contributed by atoms with van der Waals surface area (Å²) in [6, 6.07) is 10.5. The van der Waals surface area contributed by atoms with Crippen LogP contribution in [0.15, 0.2) is 36.7 Å². The smallest absolute Gasteiger partial charge is 0.194 e. The highest BCUT2D eigenvalue weighted by Gasteiger charge is 2.07. The second-order valence-electron chi connectivity index (χ2n) is 4.21. The summed E-state index contributed by atoms with van der Waals surface area (Å²) in [4.78, 5) is 6.58. The standard InChI is InChI=1S/C14H11N3S/c1-10-2-4-11(5-3-10)13-9-17-8-12(6-7-15)18-14(17)16-13/h2-5,8-9H,6H2,1H3. The fraction of sp³-hybridized carbons (Fsp3) is 0.143. The number of nitriles is 1. The molecule has 0 N–H and O–H groups in total. The molecule has 0 atom stereocenters. The Morgan fingerprint density at radius 1 is 1.28 bits per heavy atom. The van der Waals surface area contributed by atoms with Crippen molar-refractivity contribution in [1.29, 1.82) is 5.26 Å². The van der Waals surface area contributed by atoms with E-state index < -0.39 is 0 Å². The fourth-order valence-corrected chi connectivity index (χ4v) is 2.76. The van der Waals surface area contributed by atoms with Crippen molar-refractivity contribution >= 4 is 16.3 Å². The van der Waals surface area contributed by atoms with Gasteiger partial charge >= 0.3 is 0 Å². The molecular formula is C14H11N3S. The summed E-state index contributed by atoms with van der Waals surface area (Å²) in [5.41, 5.74) is 3.35. The number of nitrogens with zero attached hydrogens (tertiary/aromatic N) is 3. The minimum atomic E-state index is 0.452. The topological polar surface area (TPSA) is 41.1 Å². The summed E-state index contributed by atoms with van der Waals surface area (Å²) < 4.78 is 1.99. The number of hydrogen-bond donors (Lipinski definition) is 0. The van der Waals surface area contributed by atoms with E-state index in [1.54, 1.807) is 11.3 Å². The van der Waals surface area contributed by atoms with Crippen molar-refractivity contribution in [2.24, 2.45) is 0 Å². The molecule has 3 aromatic rings. The van der Waals surface area contributed by atoms with Crippen molar-refractivity contribution in [3.05, 3.63) is 47.1 Å². The third kappa shape index (κ3) is 1.89. The third-order valence-corrected chi connectivity index (χ3v) is 3.80. The van der Waals surface area contributed by atoms with Crippen LogP contribution in [0, 0.1) is 18.3 Å². The predicted molar refractivity (Wildman–Crippen MR) is 72.6 cm³/mol. The highest BCUT2D eigenvalue weighted by Crippen LogP contribution is 2.24. The number of benzene rings is 1. The highest BCUT2D eigenvalue weighted by molar-refractivity contribution is 7.17. The van der Waals surface area contributed by atoms with Crippen molar-refractivity contribution < 1.29 is 0 Å². The molecule has 0 fully saturated rings. The van der Waals surface area contributed by atoms with Gasteiger partial charge in [0.1, 0.15) is 0 Å². The van der Waals surface area contributed by atoms with Crippen LogP contribution in [-0.4, -0.2) is 9.38 Å². The van der Waals surface area contributed by atoms with Gasteiger partial charge in [-0.1, -0.05) is 29.8 Å². The molecule has 0 aliphatic carbocycles. The van der Waals surface area contributed by atoms with Gasteiger partial charge in [0.25, 0.3) is 0 Å². The van der Waals surface area contributed by atoms with Gasteiger partial charge < -0.3 is 0 Å². The first-order valence-corrected chi connectivity index (χ1v) is 6.49. The average molecular weight is 253 g/mol. The summed E-state index contributed by atoms with van der Waals surface area (Å²) in [6.45, 7) is 2.07. The van der Waals surface area contributed by atoms with Crippen LogP contribution in [0.4, 0.5) is 0 Å². The zero-order chi connectivity index (χ0) is 12.5. The van der Waals surface area contributed by atoms with Crippen molar-refractivity contribution in [3.63, 3.8) is 0 Å². The Labute approximate surface area is 109 Å².